The third-order valence-electron chi connectivity index (χ3n) is 4.65. The van der Waals surface area contributed by atoms with Gasteiger partial charge in [-0.05, 0) is 36.8 Å². The predicted molar refractivity (Wildman–Crippen MR) is 103 cm³/mol. The maximum atomic E-state index is 12.8. The van der Waals surface area contributed by atoms with Crippen molar-refractivity contribution >= 4 is 42.8 Å². The topological polar surface area (TPSA) is 93.2 Å². The summed E-state index contributed by atoms with van der Waals surface area (Å²) < 4.78 is 91.2. The van der Waals surface area contributed by atoms with Gasteiger partial charge in [0.25, 0.3) is 0 Å². The molecular weight excluding hydrogens is 473 g/mol. The van der Waals surface area contributed by atoms with E-state index >= 15 is 0 Å². The van der Waals surface area contributed by atoms with Gasteiger partial charge in [-0.3, -0.25) is 0 Å². The standard InChI is InChI=1S/C16H16ClF3N2O4S3/c17-14-6-10(16(18,19)20)8-21-15(14)28(23,24)12-3-4-13(7-12)29(25,26)22-9-11-2-1-5-27-11/h1-2,5-6,8,12-13,22H,3-4,7,9H2. The molecule has 1 aliphatic rings. The lowest BCUT2D eigenvalue weighted by atomic mass is 10.3. The molecular formula is C16H16ClF3N2O4S3. The summed E-state index contributed by atoms with van der Waals surface area (Å²) in [7, 11) is -7.94. The second kappa shape index (κ2) is 8.14. The highest BCUT2D eigenvalue weighted by molar-refractivity contribution is 7.92. The Morgan fingerprint density at radius 2 is 1.90 bits per heavy atom. The van der Waals surface area contributed by atoms with Crippen LogP contribution in [0.1, 0.15) is 29.7 Å². The number of hydrogen-bond donors (Lipinski definition) is 1. The molecule has 1 saturated carbocycles. The van der Waals surface area contributed by atoms with Crippen molar-refractivity contribution in [3.05, 3.63) is 45.2 Å². The molecule has 13 heteroatoms. The smallest absolute Gasteiger partial charge is 0.243 e. The first-order valence-corrected chi connectivity index (χ1v) is 12.7. The zero-order valence-electron chi connectivity index (χ0n) is 14.7. The van der Waals surface area contributed by atoms with Crippen LogP contribution < -0.4 is 4.72 Å². The van der Waals surface area contributed by atoms with Gasteiger partial charge >= 0.3 is 6.18 Å². The maximum absolute atomic E-state index is 12.8. The second-order valence-electron chi connectivity index (χ2n) is 6.56. The van der Waals surface area contributed by atoms with Crippen LogP contribution in [0.2, 0.25) is 5.02 Å². The number of rotatable bonds is 6. The van der Waals surface area contributed by atoms with E-state index in [1.807, 2.05) is 5.38 Å². The van der Waals surface area contributed by atoms with Gasteiger partial charge in [-0.25, -0.2) is 26.5 Å². The highest BCUT2D eigenvalue weighted by atomic mass is 35.5. The zero-order valence-corrected chi connectivity index (χ0v) is 17.9. The number of alkyl halides is 3. The Hall–Kier alpha value is -1.21. The monoisotopic (exact) mass is 488 g/mol. The van der Waals surface area contributed by atoms with E-state index in [2.05, 4.69) is 9.71 Å². The molecule has 0 radical (unpaired) electrons. The van der Waals surface area contributed by atoms with Crippen molar-refractivity contribution in [2.24, 2.45) is 0 Å². The molecule has 0 saturated heterocycles. The van der Waals surface area contributed by atoms with E-state index in [4.69, 9.17) is 11.6 Å². The fourth-order valence-electron chi connectivity index (χ4n) is 3.11. The first kappa shape index (κ1) is 22.5. The molecule has 1 N–H and O–H groups in total. The summed E-state index contributed by atoms with van der Waals surface area (Å²) in [5.74, 6) is 0. The van der Waals surface area contributed by atoms with Gasteiger partial charge in [0, 0.05) is 17.6 Å². The summed E-state index contributed by atoms with van der Waals surface area (Å²) in [6.07, 6.45) is -4.32. The second-order valence-corrected chi connectivity index (χ2v) is 12.2. The molecule has 0 amide bonds. The molecule has 0 spiro atoms. The van der Waals surface area contributed by atoms with Gasteiger partial charge in [0.05, 0.1) is 21.1 Å². The molecule has 2 atom stereocenters. The Morgan fingerprint density at radius 3 is 2.48 bits per heavy atom. The van der Waals surface area contributed by atoms with Crippen molar-refractivity contribution in [3.63, 3.8) is 0 Å². The number of hydrogen-bond acceptors (Lipinski definition) is 6. The molecule has 29 heavy (non-hydrogen) atoms. The molecule has 1 aliphatic carbocycles. The molecule has 0 bridgehead atoms. The van der Waals surface area contributed by atoms with E-state index < -0.39 is 52.1 Å². The molecule has 3 rings (SSSR count). The molecule has 160 valence electrons. The summed E-state index contributed by atoms with van der Waals surface area (Å²) in [6.45, 7) is 0.111. The molecule has 0 aromatic carbocycles. The van der Waals surface area contributed by atoms with Gasteiger partial charge in [0.1, 0.15) is 0 Å². The predicted octanol–water partition coefficient (Wildman–Crippen LogP) is 3.63. The molecule has 6 nitrogen and oxygen atoms in total. The quantitative estimate of drug-likeness (QED) is 0.670. The fourth-order valence-corrected chi connectivity index (χ4v) is 7.76. The maximum Gasteiger partial charge on any atom is 0.417 e. The lowest BCUT2D eigenvalue weighted by Gasteiger charge is -2.15. The third kappa shape index (κ3) is 4.93. The molecule has 1 fully saturated rings. The van der Waals surface area contributed by atoms with Crippen molar-refractivity contribution in [2.45, 2.75) is 47.5 Å². The van der Waals surface area contributed by atoms with Gasteiger partial charge in [-0.15, -0.1) is 11.3 Å². The molecule has 2 aromatic heterocycles. The van der Waals surface area contributed by atoms with E-state index in [1.54, 1.807) is 12.1 Å². The van der Waals surface area contributed by atoms with Gasteiger partial charge in [-0.2, -0.15) is 13.2 Å². The average Bonchev–Trinajstić information content (AvgIpc) is 3.31. The van der Waals surface area contributed by atoms with Crippen LogP contribution in [-0.2, 0) is 32.6 Å². The van der Waals surface area contributed by atoms with E-state index in [0.29, 0.717) is 12.3 Å². The number of sulfone groups is 1. The Morgan fingerprint density at radius 1 is 1.21 bits per heavy atom. The average molecular weight is 489 g/mol. The minimum Gasteiger partial charge on any atom is -0.243 e. The van der Waals surface area contributed by atoms with Crippen LogP contribution in [0.3, 0.4) is 0 Å². The summed E-state index contributed by atoms with van der Waals surface area (Å²) in [5, 5.41) is -1.51. The first-order valence-electron chi connectivity index (χ1n) is 8.39. The van der Waals surface area contributed by atoms with Crippen LogP contribution in [0.25, 0.3) is 0 Å². The zero-order chi connectivity index (χ0) is 21.4. The van der Waals surface area contributed by atoms with Gasteiger partial charge in [-0.1, -0.05) is 17.7 Å². The number of sulfonamides is 1. The summed E-state index contributed by atoms with van der Waals surface area (Å²) in [5.41, 5.74) is -1.16. The number of nitrogens with one attached hydrogen (secondary N) is 1. The van der Waals surface area contributed by atoms with E-state index in [1.165, 1.54) is 11.3 Å². The van der Waals surface area contributed by atoms with Crippen LogP contribution in [0.15, 0.2) is 34.8 Å². The Bertz CT molecular complexity index is 1090. The van der Waals surface area contributed by atoms with Crippen LogP contribution >= 0.6 is 22.9 Å². The number of pyridine rings is 1. The molecule has 2 aromatic rings. The fraction of sp³-hybridized carbons (Fsp3) is 0.438. The lowest BCUT2D eigenvalue weighted by molar-refractivity contribution is -0.137. The molecule has 2 unspecified atom stereocenters. The normalized spacial score (nSPS) is 20.8. The van der Waals surface area contributed by atoms with Crippen molar-refractivity contribution in [1.29, 1.82) is 0 Å². The van der Waals surface area contributed by atoms with Crippen molar-refractivity contribution < 1.29 is 30.0 Å². The Kier molecular flexibility index (Phi) is 6.31. The molecule has 2 heterocycles. The number of halogens is 4. The van der Waals surface area contributed by atoms with Gasteiger partial charge in [0.15, 0.2) is 14.9 Å². The van der Waals surface area contributed by atoms with Crippen LogP contribution in [-0.4, -0.2) is 32.3 Å². The first-order chi connectivity index (χ1) is 13.4. The van der Waals surface area contributed by atoms with Gasteiger partial charge in [0.2, 0.25) is 10.0 Å². The minimum atomic E-state index is -4.71. The number of thiophene rings is 1. The van der Waals surface area contributed by atoms with Crippen molar-refractivity contribution in [1.82, 2.24) is 9.71 Å². The van der Waals surface area contributed by atoms with E-state index in [-0.39, 0.29) is 25.8 Å². The van der Waals surface area contributed by atoms with Crippen molar-refractivity contribution in [2.75, 3.05) is 0 Å². The van der Waals surface area contributed by atoms with Crippen LogP contribution in [0.5, 0.6) is 0 Å². The van der Waals surface area contributed by atoms with Crippen LogP contribution in [0.4, 0.5) is 13.2 Å². The molecule has 0 aliphatic heterocycles. The van der Waals surface area contributed by atoms with Crippen molar-refractivity contribution in [3.8, 4) is 0 Å². The largest absolute Gasteiger partial charge is 0.417 e. The number of nitrogens with zero attached hydrogens (tertiary/aromatic N) is 1. The highest BCUT2D eigenvalue weighted by Gasteiger charge is 2.42. The Balaban J connectivity index is 1.75. The summed E-state index contributed by atoms with van der Waals surface area (Å²) >= 11 is 7.15. The third-order valence-corrected chi connectivity index (χ3v) is 9.95. The Labute approximate surface area is 175 Å². The highest BCUT2D eigenvalue weighted by Crippen LogP contribution is 2.37. The lowest BCUT2D eigenvalue weighted by Crippen LogP contribution is -2.33. The SMILES string of the molecule is O=S(=O)(NCc1cccs1)C1CCC(S(=O)(=O)c2ncc(C(F)(F)F)cc2Cl)C1. The summed E-state index contributed by atoms with van der Waals surface area (Å²) in [4.78, 5) is 4.23. The van der Waals surface area contributed by atoms with Gasteiger partial charge < -0.3 is 0 Å². The van der Waals surface area contributed by atoms with Crippen LogP contribution in [0, 0.1) is 0 Å². The van der Waals surface area contributed by atoms with E-state index in [0.717, 1.165) is 4.88 Å². The van der Waals surface area contributed by atoms with E-state index in [9.17, 15) is 30.0 Å². The number of aromatic nitrogens is 1. The minimum absolute atomic E-state index is 0.0476. The summed E-state index contributed by atoms with van der Waals surface area (Å²) in [6, 6.07) is 4.06.